The van der Waals surface area contributed by atoms with Crippen LogP contribution >= 0.6 is 0 Å². The summed E-state index contributed by atoms with van der Waals surface area (Å²) in [6, 6.07) is 11.9. The van der Waals surface area contributed by atoms with Crippen molar-refractivity contribution in [3.8, 4) is 5.75 Å². The number of hydrogen-bond donors (Lipinski definition) is 0. The number of halogens is 1. The Kier molecular flexibility index (Phi) is 6.89. The Hall–Kier alpha value is -2.00. The van der Waals surface area contributed by atoms with E-state index in [9.17, 15) is 12.8 Å². The molecule has 2 aromatic rings. The SMILES string of the molecule is COc1ccc(CN(C)[C@H](C)c2cccc(S(=O)(=O)N3CCOCC3)c2)cc1F. The number of methoxy groups -OCH3 is 1. The number of morpholine rings is 1. The first-order chi connectivity index (χ1) is 13.8. The number of rotatable bonds is 7. The van der Waals surface area contributed by atoms with Crippen LogP contribution in [0.5, 0.6) is 5.75 Å². The molecule has 6 nitrogen and oxygen atoms in total. The maximum absolute atomic E-state index is 14.0. The van der Waals surface area contributed by atoms with E-state index in [4.69, 9.17) is 9.47 Å². The minimum absolute atomic E-state index is 0.0556. The lowest BCUT2D eigenvalue weighted by Gasteiger charge is -2.28. The normalized spacial score (nSPS) is 16.7. The number of hydrogen-bond acceptors (Lipinski definition) is 5. The molecule has 29 heavy (non-hydrogen) atoms. The van der Waals surface area contributed by atoms with Crippen LogP contribution in [0.1, 0.15) is 24.1 Å². The molecule has 1 fully saturated rings. The third kappa shape index (κ3) is 4.95. The van der Waals surface area contributed by atoms with Crippen LogP contribution in [0.25, 0.3) is 0 Å². The first kappa shape index (κ1) is 21.7. The highest BCUT2D eigenvalue weighted by molar-refractivity contribution is 7.89. The van der Waals surface area contributed by atoms with Crippen LogP contribution in [0.2, 0.25) is 0 Å². The molecule has 1 atom stereocenters. The molecule has 1 heterocycles. The fourth-order valence-electron chi connectivity index (χ4n) is 3.36. The number of nitrogens with zero attached hydrogens (tertiary/aromatic N) is 2. The van der Waals surface area contributed by atoms with Crippen molar-refractivity contribution < 1.29 is 22.3 Å². The zero-order valence-corrected chi connectivity index (χ0v) is 17.8. The second kappa shape index (κ2) is 9.21. The Labute approximate surface area is 171 Å². The van der Waals surface area contributed by atoms with Gasteiger partial charge in [0.25, 0.3) is 0 Å². The molecule has 0 spiro atoms. The van der Waals surface area contributed by atoms with Crippen molar-refractivity contribution in [1.29, 1.82) is 0 Å². The summed E-state index contributed by atoms with van der Waals surface area (Å²) in [6.07, 6.45) is 0. The minimum Gasteiger partial charge on any atom is -0.494 e. The van der Waals surface area contributed by atoms with E-state index in [0.29, 0.717) is 32.8 Å². The van der Waals surface area contributed by atoms with Gasteiger partial charge >= 0.3 is 0 Å². The number of sulfonamides is 1. The van der Waals surface area contributed by atoms with Gasteiger partial charge in [-0.2, -0.15) is 4.31 Å². The van der Waals surface area contributed by atoms with Crippen LogP contribution in [0.3, 0.4) is 0 Å². The molecule has 0 saturated carbocycles. The maximum Gasteiger partial charge on any atom is 0.243 e. The summed E-state index contributed by atoms with van der Waals surface area (Å²) in [6.45, 7) is 4.08. The van der Waals surface area contributed by atoms with Crippen molar-refractivity contribution in [3.63, 3.8) is 0 Å². The predicted octanol–water partition coefficient (Wildman–Crippen LogP) is 3.05. The van der Waals surface area contributed by atoms with Gasteiger partial charge in [0.2, 0.25) is 10.0 Å². The number of ether oxygens (including phenoxy) is 2. The molecule has 1 saturated heterocycles. The highest BCUT2D eigenvalue weighted by Crippen LogP contribution is 2.26. The van der Waals surface area contributed by atoms with E-state index in [0.717, 1.165) is 11.1 Å². The van der Waals surface area contributed by atoms with Gasteiger partial charge in [0, 0.05) is 25.7 Å². The van der Waals surface area contributed by atoms with Crippen molar-refractivity contribution in [2.45, 2.75) is 24.4 Å². The molecular weight excluding hydrogens is 395 g/mol. The second-order valence-corrected chi connectivity index (χ2v) is 9.09. The van der Waals surface area contributed by atoms with Crippen molar-refractivity contribution in [3.05, 3.63) is 59.4 Å². The molecule has 1 aliphatic rings. The van der Waals surface area contributed by atoms with Gasteiger partial charge in [-0.3, -0.25) is 4.90 Å². The van der Waals surface area contributed by atoms with Gasteiger partial charge in [-0.25, -0.2) is 12.8 Å². The van der Waals surface area contributed by atoms with Gasteiger partial charge < -0.3 is 9.47 Å². The summed E-state index contributed by atoms with van der Waals surface area (Å²) in [4.78, 5) is 2.33. The summed E-state index contributed by atoms with van der Waals surface area (Å²) in [7, 11) is -0.183. The molecule has 0 aromatic heterocycles. The maximum atomic E-state index is 14.0. The average molecular weight is 423 g/mol. The number of benzene rings is 2. The summed E-state index contributed by atoms with van der Waals surface area (Å²) in [5.74, 6) is -0.185. The molecule has 0 unspecified atom stereocenters. The molecule has 0 aliphatic carbocycles. The van der Waals surface area contributed by atoms with Gasteiger partial charge in [-0.15, -0.1) is 0 Å². The van der Waals surface area contributed by atoms with Crippen LogP contribution in [-0.2, 0) is 21.3 Å². The van der Waals surface area contributed by atoms with Crippen LogP contribution < -0.4 is 4.74 Å². The summed E-state index contributed by atoms with van der Waals surface area (Å²) < 4.78 is 51.5. The molecule has 158 valence electrons. The standard InChI is InChI=1S/C21H27FN2O4S/c1-16(23(2)15-17-7-8-21(27-3)20(22)13-17)18-5-4-6-19(14-18)29(25,26)24-9-11-28-12-10-24/h4-8,13-14,16H,9-12,15H2,1-3H3/t16-/m1/s1. The van der Waals surface area contributed by atoms with E-state index in [1.165, 1.54) is 17.5 Å². The van der Waals surface area contributed by atoms with Crippen LogP contribution in [0.4, 0.5) is 4.39 Å². The molecule has 0 amide bonds. The lowest BCUT2D eigenvalue weighted by atomic mass is 10.1. The van der Waals surface area contributed by atoms with E-state index in [-0.39, 0.29) is 16.7 Å². The first-order valence-electron chi connectivity index (χ1n) is 9.53. The quantitative estimate of drug-likeness (QED) is 0.687. The van der Waals surface area contributed by atoms with Gasteiger partial charge in [0.1, 0.15) is 0 Å². The fourth-order valence-corrected chi connectivity index (χ4v) is 4.82. The van der Waals surface area contributed by atoms with E-state index < -0.39 is 15.8 Å². The second-order valence-electron chi connectivity index (χ2n) is 7.15. The Morgan fingerprint density at radius 1 is 1.21 bits per heavy atom. The summed E-state index contributed by atoms with van der Waals surface area (Å²) >= 11 is 0. The third-order valence-electron chi connectivity index (χ3n) is 5.26. The highest BCUT2D eigenvalue weighted by Gasteiger charge is 2.27. The average Bonchev–Trinajstić information content (AvgIpc) is 2.74. The van der Waals surface area contributed by atoms with Crippen molar-refractivity contribution in [1.82, 2.24) is 9.21 Å². The lowest BCUT2D eigenvalue weighted by Crippen LogP contribution is -2.40. The van der Waals surface area contributed by atoms with Crippen molar-refractivity contribution in [2.24, 2.45) is 0 Å². The predicted molar refractivity (Wildman–Crippen MR) is 109 cm³/mol. The summed E-state index contributed by atoms with van der Waals surface area (Å²) in [5, 5.41) is 0. The van der Waals surface area contributed by atoms with Gasteiger partial charge in [0.05, 0.1) is 25.2 Å². The lowest BCUT2D eigenvalue weighted by molar-refractivity contribution is 0.0730. The molecule has 0 bridgehead atoms. The van der Waals surface area contributed by atoms with Gasteiger partial charge in [-0.05, 0) is 49.4 Å². The molecule has 3 rings (SSSR count). The molecule has 0 N–H and O–H groups in total. The molecule has 8 heteroatoms. The first-order valence-corrected chi connectivity index (χ1v) is 11.0. The smallest absolute Gasteiger partial charge is 0.243 e. The molecule has 0 radical (unpaired) electrons. The Morgan fingerprint density at radius 2 is 1.93 bits per heavy atom. The highest BCUT2D eigenvalue weighted by atomic mass is 32.2. The van der Waals surface area contributed by atoms with E-state index >= 15 is 0 Å². The van der Waals surface area contributed by atoms with Gasteiger partial charge in [-0.1, -0.05) is 18.2 Å². The molecule has 1 aliphatic heterocycles. The third-order valence-corrected chi connectivity index (χ3v) is 7.15. The van der Waals surface area contributed by atoms with Crippen LogP contribution in [0.15, 0.2) is 47.4 Å². The van der Waals surface area contributed by atoms with E-state index in [1.807, 2.05) is 31.0 Å². The largest absolute Gasteiger partial charge is 0.494 e. The molecular formula is C21H27FN2O4S. The van der Waals surface area contributed by atoms with Crippen molar-refractivity contribution >= 4 is 10.0 Å². The van der Waals surface area contributed by atoms with E-state index in [1.54, 1.807) is 24.3 Å². The van der Waals surface area contributed by atoms with Crippen LogP contribution in [0, 0.1) is 5.82 Å². The Balaban J connectivity index is 1.76. The van der Waals surface area contributed by atoms with Crippen molar-refractivity contribution in [2.75, 3.05) is 40.5 Å². The zero-order valence-electron chi connectivity index (χ0n) is 17.0. The summed E-state index contributed by atoms with van der Waals surface area (Å²) in [5.41, 5.74) is 1.70. The fraction of sp³-hybridized carbons (Fsp3) is 0.429. The van der Waals surface area contributed by atoms with Gasteiger partial charge in [0.15, 0.2) is 11.6 Å². The molecule has 2 aromatic carbocycles. The zero-order chi connectivity index (χ0) is 21.0. The monoisotopic (exact) mass is 422 g/mol. The topological polar surface area (TPSA) is 59.1 Å². The van der Waals surface area contributed by atoms with E-state index in [2.05, 4.69) is 0 Å². The Morgan fingerprint density at radius 3 is 2.59 bits per heavy atom. The minimum atomic E-state index is -3.54. The van der Waals surface area contributed by atoms with Crippen LogP contribution in [-0.4, -0.2) is 58.1 Å². The Bertz CT molecular complexity index is 945.